The fourth-order valence-electron chi connectivity index (χ4n) is 4.89. The van der Waals surface area contributed by atoms with Crippen LogP contribution in [0.15, 0.2) is 0 Å². The van der Waals surface area contributed by atoms with E-state index in [0.717, 1.165) is 49.0 Å². The van der Waals surface area contributed by atoms with Crippen LogP contribution in [0.4, 0.5) is 0 Å². The Labute approximate surface area is 146 Å². The highest BCUT2D eigenvalue weighted by molar-refractivity contribution is 6.70. The molecule has 2 aliphatic carbocycles. The van der Waals surface area contributed by atoms with Gasteiger partial charge in [0.05, 0.1) is 0 Å². The molecule has 0 bridgehead atoms. The topological polar surface area (TPSA) is 18.5 Å². The van der Waals surface area contributed by atoms with Gasteiger partial charge in [-0.2, -0.15) is 0 Å². The predicted octanol–water partition coefficient (Wildman–Crippen LogP) is 6.44. The van der Waals surface area contributed by atoms with Crippen LogP contribution in [0.5, 0.6) is 0 Å². The molecule has 2 nitrogen and oxygen atoms in total. The minimum atomic E-state index is -2.13. The Hall–Kier alpha value is 0.137. The van der Waals surface area contributed by atoms with Crippen molar-refractivity contribution in [1.82, 2.24) is 0 Å². The molecule has 136 valence electrons. The molecule has 2 saturated carbocycles. The summed E-state index contributed by atoms with van der Waals surface area (Å²) in [5.74, 6) is 1.70. The molecule has 0 N–H and O–H groups in total. The van der Waals surface area contributed by atoms with Gasteiger partial charge in [-0.05, 0) is 43.9 Å². The highest BCUT2D eigenvalue weighted by Gasteiger charge is 2.54. The van der Waals surface area contributed by atoms with E-state index in [1.807, 2.05) is 0 Å². The summed E-state index contributed by atoms with van der Waals surface area (Å²) in [5.41, 5.74) is 1.47. The molecule has 2 fully saturated rings. The Morgan fingerprint density at radius 1 is 0.783 bits per heavy atom. The zero-order valence-electron chi connectivity index (χ0n) is 16.1. The first-order chi connectivity index (χ1) is 11.1. The molecule has 2 unspecified atom stereocenters. The van der Waals surface area contributed by atoms with Crippen LogP contribution in [0, 0.1) is 11.8 Å². The third kappa shape index (κ3) is 4.82. The van der Waals surface area contributed by atoms with Gasteiger partial charge in [-0.25, -0.2) is 0 Å². The predicted molar refractivity (Wildman–Crippen MR) is 101 cm³/mol. The summed E-state index contributed by atoms with van der Waals surface area (Å²) in [6.45, 7) is 11.2. The summed E-state index contributed by atoms with van der Waals surface area (Å²) in [5, 5.41) is 0. The fourth-order valence-corrected chi connectivity index (χ4v) is 10.2. The average Bonchev–Trinajstić information content (AvgIpc) is 2.57. The molecular weight excluding hydrogens is 300 g/mol. The van der Waals surface area contributed by atoms with Crippen molar-refractivity contribution in [3.8, 4) is 0 Å². The van der Waals surface area contributed by atoms with E-state index >= 15 is 0 Å². The second-order valence-corrected chi connectivity index (χ2v) is 11.8. The van der Waals surface area contributed by atoms with Crippen molar-refractivity contribution in [3.05, 3.63) is 0 Å². The van der Waals surface area contributed by atoms with Gasteiger partial charge in [-0.15, -0.1) is 0 Å². The summed E-state index contributed by atoms with van der Waals surface area (Å²) in [4.78, 5) is 0. The first kappa shape index (κ1) is 19.5. The zero-order chi connectivity index (χ0) is 16.7. The van der Waals surface area contributed by atoms with Crippen LogP contribution in [0.2, 0.25) is 11.1 Å². The molecule has 0 heterocycles. The minimum absolute atomic E-state index is 0.729. The van der Waals surface area contributed by atoms with Gasteiger partial charge < -0.3 is 8.85 Å². The van der Waals surface area contributed by atoms with Crippen LogP contribution in [-0.4, -0.2) is 21.8 Å². The number of hydrogen-bond donors (Lipinski definition) is 0. The van der Waals surface area contributed by atoms with Crippen LogP contribution in [-0.2, 0) is 8.85 Å². The van der Waals surface area contributed by atoms with Crippen LogP contribution < -0.4 is 0 Å². The highest BCUT2D eigenvalue weighted by Crippen LogP contribution is 2.52. The SMILES string of the molecule is CCCO[Si](OCCC)(C1CCC(C)CC1)C1CCCCC1C. The van der Waals surface area contributed by atoms with Crippen molar-refractivity contribution < 1.29 is 8.85 Å². The summed E-state index contributed by atoms with van der Waals surface area (Å²) in [7, 11) is -2.13. The maximum atomic E-state index is 6.78. The van der Waals surface area contributed by atoms with Crippen molar-refractivity contribution in [3.63, 3.8) is 0 Å². The first-order valence-electron chi connectivity index (χ1n) is 10.4. The van der Waals surface area contributed by atoms with Gasteiger partial charge in [0.2, 0.25) is 0 Å². The monoisotopic (exact) mass is 340 g/mol. The molecular formula is C20H40O2Si. The van der Waals surface area contributed by atoms with Crippen molar-refractivity contribution in [2.24, 2.45) is 11.8 Å². The maximum Gasteiger partial charge on any atom is 0.344 e. The minimum Gasteiger partial charge on any atom is -0.394 e. The normalized spacial score (nSPS) is 32.9. The summed E-state index contributed by atoms with van der Waals surface area (Å²) in [6, 6.07) is 0. The number of rotatable bonds is 8. The largest absolute Gasteiger partial charge is 0.394 e. The molecule has 0 aliphatic heterocycles. The highest BCUT2D eigenvalue weighted by atomic mass is 28.4. The van der Waals surface area contributed by atoms with E-state index < -0.39 is 8.56 Å². The van der Waals surface area contributed by atoms with Gasteiger partial charge in [-0.3, -0.25) is 0 Å². The van der Waals surface area contributed by atoms with Gasteiger partial charge in [0.25, 0.3) is 0 Å². The van der Waals surface area contributed by atoms with E-state index in [9.17, 15) is 0 Å². The van der Waals surface area contributed by atoms with Crippen LogP contribution >= 0.6 is 0 Å². The van der Waals surface area contributed by atoms with Crippen molar-refractivity contribution in [1.29, 1.82) is 0 Å². The van der Waals surface area contributed by atoms with Gasteiger partial charge in [-0.1, -0.05) is 59.8 Å². The maximum absolute atomic E-state index is 6.78. The molecule has 3 heteroatoms. The van der Waals surface area contributed by atoms with Crippen LogP contribution in [0.1, 0.15) is 91.9 Å². The lowest BCUT2D eigenvalue weighted by Gasteiger charge is -2.48. The molecule has 0 saturated heterocycles. The third-order valence-corrected chi connectivity index (χ3v) is 11.2. The molecule has 2 aliphatic rings. The fraction of sp³-hybridized carbons (Fsp3) is 1.00. The molecule has 2 atom stereocenters. The smallest absolute Gasteiger partial charge is 0.344 e. The Kier molecular flexibility index (Phi) is 8.10. The van der Waals surface area contributed by atoms with Gasteiger partial charge in [0.1, 0.15) is 0 Å². The van der Waals surface area contributed by atoms with Crippen molar-refractivity contribution >= 4 is 8.56 Å². The molecule has 0 spiro atoms. The van der Waals surface area contributed by atoms with E-state index in [-0.39, 0.29) is 0 Å². The standard InChI is InChI=1S/C20H40O2Si/c1-5-15-21-23(22-16-6-2,19-13-11-17(3)12-14-19)20-10-8-7-9-18(20)4/h17-20H,5-16H2,1-4H3. The molecule has 0 radical (unpaired) electrons. The number of hydrogen-bond acceptors (Lipinski definition) is 2. The van der Waals surface area contributed by atoms with E-state index in [4.69, 9.17) is 8.85 Å². The van der Waals surface area contributed by atoms with Crippen LogP contribution in [0.3, 0.4) is 0 Å². The lowest BCUT2D eigenvalue weighted by Crippen LogP contribution is -2.54. The Bertz CT molecular complexity index is 318. The summed E-state index contributed by atoms with van der Waals surface area (Å²) >= 11 is 0. The second kappa shape index (κ2) is 9.58. The van der Waals surface area contributed by atoms with Gasteiger partial charge >= 0.3 is 8.56 Å². The molecule has 0 aromatic rings. The molecule has 23 heavy (non-hydrogen) atoms. The lowest BCUT2D eigenvalue weighted by atomic mass is 9.89. The van der Waals surface area contributed by atoms with Crippen molar-refractivity contribution in [2.75, 3.05) is 13.2 Å². The molecule has 2 rings (SSSR count). The quantitative estimate of drug-likeness (QED) is 0.473. The van der Waals surface area contributed by atoms with E-state index in [1.165, 1.54) is 51.4 Å². The van der Waals surface area contributed by atoms with E-state index in [1.54, 1.807) is 0 Å². The Balaban J connectivity index is 2.24. The molecule has 0 amide bonds. The Morgan fingerprint density at radius 2 is 1.35 bits per heavy atom. The Morgan fingerprint density at radius 3 is 1.87 bits per heavy atom. The molecule has 0 aromatic heterocycles. The van der Waals surface area contributed by atoms with E-state index in [2.05, 4.69) is 27.7 Å². The lowest BCUT2D eigenvalue weighted by molar-refractivity contribution is 0.122. The summed E-state index contributed by atoms with van der Waals surface area (Å²) < 4.78 is 13.6. The first-order valence-corrected chi connectivity index (χ1v) is 12.4. The van der Waals surface area contributed by atoms with Gasteiger partial charge in [0.15, 0.2) is 0 Å². The summed E-state index contributed by atoms with van der Waals surface area (Å²) in [6.07, 6.45) is 13.2. The van der Waals surface area contributed by atoms with E-state index in [0.29, 0.717) is 0 Å². The van der Waals surface area contributed by atoms with Crippen LogP contribution in [0.25, 0.3) is 0 Å². The van der Waals surface area contributed by atoms with Crippen molar-refractivity contribution in [2.45, 2.75) is 103 Å². The zero-order valence-corrected chi connectivity index (χ0v) is 17.1. The molecule has 0 aromatic carbocycles. The second-order valence-electron chi connectivity index (χ2n) is 8.24. The average molecular weight is 341 g/mol. The third-order valence-electron chi connectivity index (χ3n) is 6.28. The van der Waals surface area contributed by atoms with Gasteiger partial charge in [0, 0.05) is 24.3 Å².